The molecule has 0 amide bonds. The van der Waals surface area contributed by atoms with Crippen LogP contribution in [0.2, 0.25) is 0 Å². The molecule has 0 saturated heterocycles. The van der Waals surface area contributed by atoms with Crippen LogP contribution in [0.5, 0.6) is 0 Å². The molecule has 3 heterocycles. The maximum atomic E-state index is 5.29. The SMILES string of the molecule is S=c1nc[nH]c2c1[nH]c(=S)n2CCc1cnc[nH]1. The number of imidazole rings is 2. The standard InChI is InChI=1S/C10H10N6S2/c17-9-7-8(13-5-14-9)16(10(18)15-7)2-1-6-3-11-4-12-6/h3-5H,1-2H2,(H,11,12)(H,15,18)(H,13,14,17). The summed E-state index contributed by atoms with van der Waals surface area (Å²) in [4.78, 5) is 17.2. The highest BCUT2D eigenvalue weighted by atomic mass is 32.1. The van der Waals surface area contributed by atoms with E-state index in [0.717, 1.165) is 29.8 Å². The molecule has 0 radical (unpaired) electrons. The van der Waals surface area contributed by atoms with Gasteiger partial charge in [0.15, 0.2) is 9.41 Å². The number of aromatic amines is 3. The Hall–Kier alpha value is -1.80. The van der Waals surface area contributed by atoms with Crippen molar-refractivity contribution in [2.45, 2.75) is 13.0 Å². The van der Waals surface area contributed by atoms with Crippen LogP contribution in [0.3, 0.4) is 0 Å². The van der Waals surface area contributed by atoms with E-state index in [1.54, 1.807) is 12.7 Å². The van der Waals surface area contributed by atoms with E-state index in [1.165, 1.54) is 0 Å². The number of fused-ring (bicyclic) bond motifs is 1. The lowest BCUT2D eigenvalue weighted by Crippen LogP contribution is -2.02. The van der Waals surface area contributed by atoms with Crippen LogP contribution in [0.15, 0.2) is 18.9 Å². The fraction of sp³-hybridized carbons (Fsp3) is 0.200. The van der Waals surface area contributed by atoms with E-state index in [9.17, 15) is 0 Å². The average Bonchev–Trinajstić information content (AvgIpc) is 2.95. The molecule has 3 N–H and O–H groups in total. The van der Waals surface area contributed by atoms with Crippen molar-refractivity contribution in [1.82, 2.24) is 29.5 Å². The van der Waals surface area contributed by atoms with E-state index in [-0.39, 0.29) is 0 Å². The van der Waals surface area contributed by atoms with E-state index in [1.807, 2.05) is 10.8 Å². The van der Waals surface area contributed by atoms with Gasteiger partial charge in [-0.2, -0.15) is 0 Å². The summed E-state index contributed by atoms with van der Waals surface area (Å²) in [6, 6.07) is 0. The highest BCUT2D eigenvalue weighted by Gasteiger charge is 2.06. The van der Waals surface area contributed by atoms with Gasteiger partial charge in [-0.1, -0.05) is 12.2 Å². The third-order valence-corrected chi connectivity index (χ3v) is 3.37. The van der Waals surface area contributed by atoms with Crippen molar-refractivity contribution < 1.29 is 0 Å². The van der Waals surface area contributed by atoms with Gasteiger partial charge in [-0.25, -0.2) is 9.97 Å². The minimum atomic E-state index is 0.523. The van der Waals surface area contributed by atoms with Gasteiger partial charge in [-0.15, -0.1) is 0 Å². The van der Waals surface area contributed by atoms with Gasteiger partial charge in [0, 0.05) is 24.9 Å². The zero-order valence-electron chi connectivity index (χ0n) is 9.30. The normalized spacial score (nSPS) is 11.1. The summed E-state index contributed by atoms with van der Waals surface area (Å²) in [5, 5.41) is 0. The van der Waals surface area contributed by atoms with Gasteiger partial charge in [0.25, 0.3) is 0 Å². The molecule has 0 aliphatic rings. The fourth-order valence-electron chi connectivity index (χ4n) is 1.86. The molecular formula is C10H10N6S2. The predicted octanol–water partition coefficient (Wildman–Crippen LogP) is 2.12. The molecule has 0 aromatic carbocycles. The molecule has 0 spiro atoms. The van der Waals surface area contributed by atoms with Crippen LogP contribution >= 0.6 is 24.4 Å². The molecule has 0 aliphatic carbocycles. The summed E-state index contributed by atoms with van der Waals surface area (Å²) in [7, 11) is 0. The number of nitrogens with zero attached hydrogens (tertiary/aromatic N) is 3. The number of aryl methyl sites for hydroxylation is 2. The minimum absolute atomic E-state index is 0.523. The second-order valence-corrected chi connectivity index (χ2v) is 4.61. The minimum Gasteiger partial charge on any atom is -0.348 e. The van der Waals surface area contributed by atoms with Gasteiger partial charge < -0.3 is 19.5 Å². The molecule has 0 saturated carbocycles. The molecule has 3 aromatic rings. The van der Waals surface area contributed by atoms with Crippen molar-refractivity contribution in [3.8, 4) is 0 Å². The Bertz CT molecular complexity index is 779. The van der Waals surface area contributed by atoms with Gasteiger partial charge in [-0.3, -0.25) is 0 Å². The van der Waals surface area contributed by atoms with E-state index in [0.29, 0.717) is 9.41 Å². The summed E-state index contributed by atoms with van der Waals surface area (Å²) in [6.45, 7) is 0.746. The molecule has 6 nitrogen and oxygen atoms in total. The molecule has 3 rings (SSSR count). The Morgan fingerprint density at radius 2 is 2.11 bits per heavy atom. The van der Waals surface area contributed by atoms with Crippen molar-refractivity contribution in [3.05, 3.63) is 34.0 Å². The quantitative estimate of drug-likeness (QED) is 0.641. The van der Waals surface area contributed by atoms with Crippen LogP contribution < -0.4 is 0 Å². The lowest BCUT2D eigenvalue weighted by atomic mass is 10.3. The van der Waals surface area contributed by atoms with Gasteiger partial charge in [0.05, 0.1) is 12.7 Å². The topological polar surface area (TPSA) is 78.1 Å². The Morgan fingerprint density at radius 1 is 1.22 bits per heavy atom. The zero-order chi connectivity index (χ0) is 12.5. The van der Waals surface area contributed by atoms with E-state index in [2.05, 4.69) is 24.9 Å². The average molecular weight is 278 g/mol. The number of hydrogen-bond acceptors (Lipinski definition) is 4. The zero-order valence-corrected chi connectivity index (χ0v) is 10.9. The van der Waals surface area contributed by atoms with Crippen LogP contribution in [0.25, 0.3) is 11.2 Å². The van der Waals surface area contributed by atoms with Crippen LogP contribution in [0.4, 0.5) is 0 Å². The van der Waals surface area contributed by atoms with Gasteiger partial charge in [0.1, 0.15) is 11.2 Å². The van der Waals surface area contributed by atoms with Crippen molar-refractivity contribution >= 4 is 35.6 Å². The third-order valence-electron chi connectivity index (χ3n) is 2.74. The van der Waals surface area contributed by atoms with E-state index in [4.69, 9.17) is 24.4 Å². The summed E-state index contributed by atoms with van der Waals surface area (Å²) in [5.74, 6) is 0. The lowest BCUT2D eigenvalue weighted by molar-refractivity contribution is 0.691. The number of H-pyrrole nitrogens is 3. The molecule has 0 fully saturated rings. The van der Waals surface area contributed by atoms with Gasteiger partial charge >= 0.3 is 0 Å². The summed E-state index contributed by atoms with van der Waals surface area (Å²) >= 11 is 10.4. The van der Waals surface area contributed by atoms with Crippen molar-refractivity contribution in [2.24, 2.45) is 0 Å². The molecule has 0 aliphatic heterocycles. The van der Waals surface area contributed by atoms with Crippen molar-refractivity contribution in [1.29, 1.82) is 0 Å². The molecular weight excluding hydrogens is 268 g/mol. The third kappa shape index (κ3) is 1.89. The van der Waals surface area contributed by atoms with Crippen molar-refractivity contribution in [3.63, 3.8) is 0 Å². The van der Waals surface area contributed by atoms with Crippen LogP contribution in [0.1, 0.15) is 5.69 Å². The molecule has 0 atom stereocenters. The Balaban J connectivity index is 2.01. The monoisotopic (exact) mass is 278 g/mol. The number of aromatic nitrogens is 6. The van der Waals surface area contributed by atoms with Crippen molar-refractivity contribution in [2.75, 3.05) is 0 Å². The first-order valence-electron chi connectivity index (χ1n) is 5.39. The Kier molecular flexibility index (Phi) is 2.80. The molecule has 18 heavy (non-hydrogen) atoms. The highest BCUT2D eigenvalue weighted by Crippen LogP contribution is 2.12. The smallest absolute Gasteiger partial charge is 0.179 e. The maximum absolute atomic E-state index is 5.29. The second-order valence-electron chi connectivity index (χ2n) is 3.84. The van der Waals surface area contributed by atoms with Crippen LogP contribution in [-0.2, 0) is 13.0 Å². The molecule has 3 aromatic heterocycles. The summed E-state index contributed by atoms with van der Waals surface area (Å²) in [5.41, 5.74) is 2.72. The fourth-order valence-corrected chi connectivity index (χ4v) is 2.34. The summed E-state index contributed by atoms with van der Waals surface area (Å²) in [6.07, 6.45) is 5.88. The molecule has 0 unspecified atom stereocenters. The van der Waals surface area contributed by atoms with Gasteiger partial charge in [-0.05, 0) is 12.2 Å². The first-order valence-corrected chi connectivity index (χ1v) is 6.21. The lowest BCUT2D eigenvalue weighted by Gasteiger charge is -2.02. The molecule has 92 valence electrons. The number of rotatable bonds is 3. The summed E-state index contributed by atoms with van der Waals surface area (Å²) < 4.78 is 3.14. The van der Waals surface area contributed by atoms with Crippen LogP contribution in [0, 0.1) is 9.41 Å². The first kappa shape index (κ1) is 11.3. The molecule has 0 bridgehead atoms. The predicted molar refractivity (Wildman–Crippen MR) is 72.4 cm³/mol. The number of hydrogen-bond donors (Lipinski definition) is 3. The molecule has 8 heteroatoms. The highest BCUT2D eigenvalue weighted by molar-refractivity contribution is 7.71. The first-order chi connectivity index (χ1) is 8.75. The van der Waals surface area contributed by atoms with E-state index < -0.39 is 0 Å². The second kappa shape index (κ2) is 4.46. The van der Waals surface area contributed by atoms with E-state index >= 15 is 0 Å². The number of nitrogens with one attached hydrogen (secondary N) is 3. The Labute approximate surface area is 112 Å². The Morgan fingerprint density at radius 3 is 2.89 bits per heavy atom. The van der Waals surface area contributed by atoms with Crippen LogP contribution in [-0.4, -0.2) is 29.5 Å². The largest absolute Gasteiger partial charge is 0.348 e. The van der Waals surface area contributed by atoms with Gasteiger partial charge in [0.2, 0.25) is 0 Å². The maximum Gasteiger partial charge on any atom is 0.179 e.